The highest BCUT2D eigenvalue weighted by Crippen LogP contribution is 2.34. The van der Waals surface area contributed by atoms with Gasteiger partial charge in [0.05, 0.1) is 23.1 Å². The Bertz CT molecular complexity index is 875. The fraction of sp³-hybridized carbons (Fsp3) is 0.350. The molecular weight excluding hydrogens is 362 g/mol. The van der Waals surface area contributed by atoms with Crippen molar-refractivity contribution >= 4 is 29.4 Å². The molecule has 0 aromatic heterocycles. The molecule has 1 saturated heterocycles. The van der Waals surface area contributed by atoms with Crippen LogP contribution in [0.25, 0.3) is 0 Å². The molecule has 1 aromatic carbocycles. The quantitative estimate of drug-likeness (QED) is 0.468. The lowest BCUT2D eigenvalue weighted by Crippen LogP contribution is -2.39. The number of esters is 1. The largest absolute Gasteiger partial charge is 0.451 e. The normalized spacial score (nSPS) is 21.6. The number of hydrogen-bond donors (Lipinski definition) is 1. The van der Waals surface area contributed by atoms with Crippen LogP contribution in [0.5, 0.6) is 0 Å². The average molecular weight is 381 g/mol. The van der Waals surface area contributed by atoms with E-state index in [0.717, 1.165) is 4.90 Å². The van der Waals surface area contributed by atoms with E-state index in [4.69, 9.17) is 10.00 Å². The molecule has 1 aliphatic carbocycles. The Hall–Kier alpha value is -3.47. The summed E-state index contributed by atoms with van der Waals surface area (Å²) >= 11 is 0. The molecule has 0 spiro atoms. The lowest BCUT2D eigenvalue weighted by Gasteiger charge is -2.17. The number of para-hydroxylation sites is 1. The Balaban J connectivity index is 1.57. The number of nitrogens with zero attached hydrogens (tertiary/aromatic N) is 2. The van der Waals surface area contributed by atoms with E-state index in [9.17, 15) is 19.2 Å². The molecule has 1 heterocycles. The van der Waals surface area contributed by atoms with Gasteiger partial charge >= 0.3 is 5.97 Å². The Morgan fingerprint density at radius 1 is 1.21 bits per heavy atom. The lowest BCUT2D eigenvalue weighted by molar-refractivity contribution is -0.158. The number of allylic oxidation sites excluding steroid dienone is 2. The van der Waals surface area contributed by atoms with Gasteiger partial charge in [-0.15, -0.1) is 0 Å². The number of hydrogen-bond acceptors (Lipinski definition) is 6. The molecule has 8 nitrogen and oxygen atoms in total. The predicted molar refractivity (Wildman–Crippen MR) is 97.4 cm³/mol. The van der Waals surface area contributed by atoms with Gasteiger partial charge in [-0.05, 0) is 31.9 Å². The van der Waals surface area contributed by atoms with Crippen LogP contribution in [0, 0.1) is 23.2 Å². The van der Waals surface area contributed by atoms with Crippen LogP contribution in [-0.4, -0.2) is 41.2 Å². The Morgan fingerprint density at radius 2 is 1.82 bits per heavy atom. The second-order valence-electron chi connectivity index (χ2n) is 6.70. The smallest absolute Gasteiger partial charge is 0.326 e. The highest BCUT2D eigenvalue weighted by molar-refractivity contribution is 6.07. The van der Waals surface area contributed by atoms with Crippen molar-refractivity contribution in [2.45, 2.75) is 25.9 Å². The summed E-state index contributed by atoms with van der Waals surface area (Å²) in [4.78, 5) is 50.1. The van der Waals surface area contributed by atoms with Crippen LogP contribution in [0.1, 0.15) is 25.3 Å². The van der Waals surface area contributed by atoms with Crippen molar-refractivity contribution in [3.63, 3.8) is 0 Å². The zero-order valence-electron chi connectivity index (χ0n) is 15.3. The fourth-order valence-electron chi connectivity index (χ4n) is 3.37. The number of ether oxygens (including phenoxy) is 1. The minimum absolute atomic E-state index is 0.277. The number of nitrogens with one attached hydrogen (secondary N) is 1. The van der Waals surface area contributed by atoms with E-state index in [-0.39, 0.29) is 17.4 Å². The molecule has 8 heteroatoms. The van der Waals surface area contributed by atoms with Crippen LogP contribution in [0.3, 0.4) is 0 Å². The minimum Gasteiger partial charge on any atom is -0.451 e. The second-order valence-corrected chi connectivity index (χ2v) is 6.70. The van der Waals surface area contributed by atoms with E-state index in [1.165, 1.54) is 6.92 Å². The third kappa shape index (κ3) is 3.78. The summed E-state index contributed by atoms with van der Waals surface area (Å²) in [6.45, 7) is 0.858. The zero-order valence-corrected chi connectivity index (χ0v) is 15.3. The summed E-state index contributed by atoms with van der Waals surface area (Å²) in [6, 6.07) is 8.38. The van der Waals surface area contributed by atoms with E-state index >= 15 is 0 Å². The second kappa shape index (κ2) is 8.05. The first kappa shape index (κ1) is 19.3. The third-order valence-corrected chi connectivity index (χ3v) is 4.87. The van der Waals surface area contributed by atoms with E-state index < -0.39 is 36.4 Å². The standard InChI is InChI=1S/C20H19N3O5/c1-12(18(25)22-16-9-5-2-6-13(16)10-21)28-17(24)11-23-19(26)14-7-3-4-8-15(14)20(23)27/h2-6,9,12,14-15H,7-8,11H2,1H3,(H,22,25)/t12-,14-,15+/m0/s1. The highest BCUT2D eigenvalue weighted by Gasteiger charge is 2.47. The van der Waals surface area contributed by atoms with Crippen molar-refractivity contribution in [2.24, 2.45) is 11.8 Å². The van der Waals surface area contributed by atoms with Gasteiger partial charge in [-0.25, -0.2) is 0 Å². The zero-order chi connectivity index (χ0) is 20.3. The first-order chi connectivity index (χ1) is 13.4. The number of fused-ring (bicyclic) bond motifs is 1. The molecule has 3 atom stereocenters. The van der Waals surface area contributed by atoms with Crippen LogP contribution in [0.15, 0.2) is 36.4 Å². The van der Waals surface area contributed by atoms with Gasteiger partial charge in [0.15, 0.2) is 6.10 Å². The predicted octanol–water partition coefficient (Wildman–Crippen LogP) is 1.38. The molecule has 2 aliphatic rings. The van der Waals surface area contributed by atoms with Gasteiger partial charge in [0.2, 0.25) is 11.8 Å². The summed E-state index contributed by atoms with van der Waals surface area (Å²) < 4.78 is 5.07. The number of nitriles is 1. The van der Waals surface area contributed by atoms with E-state index in [0.29, 0.717) is 18.5 Å². The number of anilines is 1. The van der Waals surface area contributed by atoms with Crippen molar-refractivity contribution in [3.05, 3.63) is 42.0 Å². The van der Waals surface area contributed by atoms with Crippen molar-refractivity contribution < 1.29 is 23.9 Å². The summed E-state index contributed by atoms with van der Waals surface area (Å²) in [5.41, 5.74) is 0.582. The van der Waals surface area contributed by atoms with Gasteiger partial charge in [-0.3, -0.25) is 24.1 Å². The van der Waals surface area contributed by atoms with Gasteiger partial charge in [0, 0.05) is 0 Å². The molecule has 0 saturated carbocycles. The maximum atomic E-state index is 12.4. The number of benzene rings is 1. The van der Waals surface area contributed by atoms with Crippen LogP contribution < -0.4 is 5.32 Å². The van der Waals surface area contributed by atoms with Crippen LogP contribution in [0.2, 0.25) is 0 Å². The molecule has 28 heavy (non-hydrogen) atoms. The van der Waals surface area contributed by atoms with Crippen LogP contribution in [0.4, 0.5) is 5.69 Å². The minimum atomic E-state index is -1.16. The van der Waals surface area contributed by atoms with Gasteiger partial charge < -0.3 is 10.1 Å². The molecule has 3 rings (SSSR count). The third-order valence-electron chi connectivity index (χ3n) is 4.87. The average Bonchev–Trinajstić information content (AvgIpc) is 2.93. The topological polar surface area (TPSA) is 117 Å². The lowest BCUT2D eigenvalue weighted by atomic mass is 9.85. The molecule has 0 bridgehead atoms. The highest BCUT2D eigenvalue weighted by atomic mass is 16.5. The maximum absolute atomic E-state index is 12.4. The number of amides is 3. The number of likely N-dealkylation sites (tertiary alicyclic amines) is 1. The maximum Gasteiger partial charge on any atom is 0.326 e. The fourth-order valence-corrected chi connectivity index (χ4v) is 3.37. The van der Waals surface area contributed by atoms with E-state index in [1.54, 1.807) is 24.3 Å². The summed E-state index contributed by atoms with van der Waals surface area (Å²) in [5.74, 6) is -3.06. The van der Waals surface area contributed by atoms with Crippen molar-refractivity contribution in [3.8, 4) is 6.07 Å². The van der Waals surface area contributed by atoms with E-state index in [2.05, 4.69) is 5.32 Å². The summed E-state index contributed by atoms with van der Waals surface area (Å²) in [5, 5.41) is 11.6. The Morgan fingerprint density at radius 3 is 2.43 bits per heavy atom. The molecule has 1 N–H and O–H groups in total. The number of rotatable bonds is 5. The number of imide groups is 1. The van der Waals surface area contributed by atoms with Crippen molar-refractivity contribution in [2.75, 3.05) is 11.9 Å². The van der Waals surface area contributed by atoms with Crippen molar-refractivity contribution in [1.82, 2.24) is 4.90 Å². The molecular formula is C20H19N3O5. The molecule has 1 fully saturated rings. The van der Waals surface area contributed by atoms with Gasteiger partial charge in [0.25, 0.3) is 5.91 Å². The Kier molecular flexibility index (Phi) is 5.54. The van der Waals surface area contributed by atoms with Crippen LogP contribution in [-0.2, 0) is 23.9 Å². The number of carbonyl (C=O) groups is 4. The molecule has 1 aromatic rings. The molecule has 3 amide bonds. The van der Waals surface area contributed by atoms with Gasteiger partial charge in [0.1, 0.15) is 12.6 Å². The summed E-state index contributed by atoms with van der Waals surface area (Å²) in [6.07, 6.45) is 3.53. The molecule has 0 radical (unpaired) electrons. The van der Waals surface area contributed by atoms with E-state index in [1.807, 2.05) is 18.2 Å². The molecule has 144 valence electrons. The first-order valence-corrected chi connectivity index (χ1v) is 8.92. The monoisotopic (exact) mass is 381 g/mol. The SMILES string of the molecule is C[C@H](OC(=O)CN1C(=O)[C@H]2CC=CC[C@H]2C1=O)C(=O)Nc1ccccc1C#N. The molecule has 1 aliphatic heterocycles. The van der Waals surface area contributed by atoms with Crippen LogP contribution >= 0.6 is 0 Å². The van der Waals surface area contributed by atoms with Crippen molar-refractivity contribution in [1.29, 1.82) is 5.26 Å². The van der Waals surface area contributed by atoms with Gasteiger partial charge in [-0.1, -0.05) is 24.3 Å². The van der Waals surface area contributed by atoms with Gasteiger partial charge in [-0.2, -0.15) is 5.26 Å². The first-order valence-electron chi connectivity index (χ1n) is 8.92. The number of carbonyl (C=O) groups excluding carboxylic acids is 4. The summed E-state index contributed by atoms with van der Waals surface area (Å²) in [7, 11) is 0. The molecule has 0 unspecified atom stereocenters. The Labute approximate surface area is 161 Å².